The predicted molar refractivity (Wildman–Crippen MR) is 352 cm³/mol. The summed E-state index contributed by atoms with van der Waals surface area (Å²) in [4.78, 5) is 117. The van der Waals surface area contributed by atoms with Gasteiger partial charge in [0.25, 0.3) is 5.91 Å². The van der Waals surface area contributed by atoms with Gasteiger partial charge in [0.2, 0.25) is 39.1 Å². The first-order chi connectivity index (χ1) is 45.6. The summed E-state index contributed by atoms with van der Waals surface area (Å²) in [6.45, 7) is 13.0. The fraction of sp³-hybridized carbons (Fsp3) is 0.587. The van der Waals surface area contributed by atoms with Gasteiger partial charge in [0.05, 0.1) is 63.1 Å². The number of anilines is 1. The molecule has 1 aliphatic rings. The van der Waals surface area contributed by atoms with E-state index in [0.29, 0.717) is 155 Å². The number of sulfonamides is 1. The number of ether oxygens (including phenoxy) is 5. The molecule has 0 aliphatic carbocycles. The lowest BCUT2D eigenvalue weighted by Crippen LogP contribution is -2.52. The third-order valence-corrected chi connectivity index (χ3v) is 17.1. The molecule has 2 atom stereocenters. The summed E-state index contributed by atoms with van der Waals surface area (Å²) in [6.07, 6.45) is 6.24. The van der Waals surface area contributed by atoms with Crippen LogP contribution in [0.4, 0.5) is 5.95 Å². The molecule has 0 spiro atoms. The molecule has 0 bridgehead atoms. The van der Waals surface area contributed by atoms with Crippen molar-refractivity contribution in [3.63, 3.8) is 0 Å². The minimum absolute atomic E-state index is 0.0100. The van der Waals surface area contributed by atoms with Crippen LogP contribution in [-0.4, -0.2) is 264 Å². The molecular weight excluding hydrogens is 1260 g/mol. The highest BCUT2D eigenvalue weighted by atomic mass is 32.2. The zero-order chi connectivity index (χ0) is 69.1. The van der Waals surface area contributed by atoms with Gasteiger partial charge in [-0.15, -0.1) is 0 Å². The maximum Gasteiger partial charge on any atom is 0.323 e. The Hall–Kier alpha value is -7.66. The van der Waals surface area contributed by atoms with E-state index in [1.54, 1.807) is 52.0 Å². The summed E-state index contributed by atoms with van der Waals surface area (Å²) in [5, 5.41) is 36.5. The number of aryl methyl sites for hydroxylation is 3. The van der Waals surface area contributed by atoms with E-state index < -0.39 is 63.7 Å². The van der Waals surface area contributed by atoms with Gasteiger partial charge in [-0.05, 0) is 87.0 Å². The van der Waals surface area contributed by atoms with Crippen LogP contribution in [0.5, 0.6) is 5.75 Å². The Morgan fingerprint density at radius 2 is 1.33 bits per heavy atom. The second kappa shape index (κ2) is 42.0. The van der Waals surface area contributed by atoms with Crippen molar-refractivity contribution in [2.24, 2.45) is 7.05 Å². The lowest BCUT2D eigenvalue weighted by molar-refractivity contribution is -0.139. The third-order valence-electron chi connectivity index (χ3n) is 15.3. The molecule has 526 valence electrons. The number of rotatable bonds is 42. The number of hydrogen-bond donors (Lipinski definition) is 10. The van der Waals surface area contributed by atoms with Gasteiger partial charge in [-0.1, -0.05) is 13.0 Å². The lowest BCUT2D eigenvalue weighted by Gasteiger charge is -2.32. The number of methoxy groups -OCH3 is 1. The number of nitrogens with one attached hydrogen (secondary N) is 8. The monoisotopic (exact) mass is 1350 g/mol. The van der Waals surface area contributed by atoms with Crippen LogP contribution in [0.25, 0.3) is 10.9 Å². The number of imidazole rings is 1. The van der Waals surface area contributed by atoms with E-state index in [1.807, 2.05) is 11.8 Å². The van der Waals surface area contributed by atoms with Crippen molar-refractivity contribution in [2.75, 3.05) is 163 Å². The molecule has 31 nitrogen and oxygen atoms in total. The zero-order valence-corrected chi connectivity index (χ0v) is 56.0. The molecule has 2 aromatic carbocycles. The molecule has 2 aromatic heterocycles. The van der Waals surface area contributed by atoms with E-state index in [-0.39, 0.29) is 84.3 Å². The standard InChI is InChI=1S/C63H96N14O17S/c1-7-75-23-21-73(4)22-24-77(44-57(81)82)28-27-76(26-25-75)43-56(80)71-51(14-15-55(79)65-20-32-90-6)61(85)66-17-10-30-92-34-36-93-35-33-91-29-9-16-64-54(78)11-8-31-94-48-37-45(2)59(46(3)38-48)95(88,89)72-52(62(86)87)41-69-60(84)50-42-74(5)53-39-47(12-13-49(53)58(50)83)40-70-63-67-18-19-68-63/h4,12-13,18-19,37-39,42,51-52,72H,7-11,14-17,20-36,40-41,43-44H2,1-3,5-6H3,(H,64,78)(H,65,79)(H,66,85)(H,69,84)(H,71,80)(H,81,82)(H,86,87)(H2,67,68,70)/t51-,52?/m1/s1. The fourth-order valence-corrected chi connectivity index (χ4v) is 11.8. The summed E-state index contributed by atoms with van der Waals surface area (Å²) >= 11 is 0. The Labute approximate surface area is 555 Å². The Morgan fingerprint density at radius 1 is 0.716 bits per heavy atom. The number of benzene rings is 2. The van der Waals surface area contributed by atoms with Crippen LogP contribution >= 0.6 is 0 Å². The number of aliphatic carboxylic acids is 2. The maximum absolute atomic E-state index is 13.7. The number of carbonyl (C=O) groups is 7. The van der Waals surface area contributed by atoms with Crippen LogP contribution in [0.15, 0.2) is 58.6 Å². The molecule has 4 aromatic rings. The van der Waals surface area contributed by atoms with Gasteiger partial charge in [0.15, 0.2) is 5.95 Å². The van der Waals surface area contributed by atoms with Gasteiger partial charge in [-0.25, -0.2) is 13.4 Å². The largest absolute Gasteiger partial charge is 0.494 e. The van der Waals surface area contributed by atoms with Crippen LogP contribution in [0.1, 0.15) is 72.5 Å². The number of carbonyl (C=O) groups excluding carboxylic acids is 5. The Bertz CT molecular complexity index is 3240. The first kappa shape index (κ1) is 78.0. The van der Waals surface area contributed by atoms with Crippen molar-refractivity contribution >= 4 is 68.3 Å². The number of carboxylic acid groups (broad SMARTS) is 2. The van der Waals surface area contributed by atoms with Crippen LogP contribution in [0, 0.1) is 20.9 Å². The molecule has 1 fully saturated rings. The Kier molecular flexibility index (Phi) is 34.5. The average molecular weight is 1350 g/mol. The number of pyridine rings is 1. The van der Waals surface area contributed by atoms with Crippen molar-refractivity contribution in [1.82, 2.24) is 65.4 Å². The highest BCUT2D eigenvalue weighted by Crippen LogP contribution is 2.26. The molecular formula is C63H96N14O17S. The van der Waals surface area contributed by atoms with Crippen LogP contribution in [0.2, 0.25) is 0 Å². The minimum atomic E-state index is -4.47. The van der Waals surface area contributed by atoms with E-state index in [1.165, 1.54) is 39.3 Å². The smallest absolute Gasteiger partial charge is 0.323 e. The molecule has 95 heavy (non-hydrogen) atoms. The molecule has 3 heterocycles. The molecule has 10 N–H and O–H groups in total. The molecule has 1 unspecified atom stereocenters. The Balaban J connectivity index is 0.920. The van der Waals surface area contributed by atoms with Crippen LogP contribution in [0.3, 0.4) is 0 Å². The molecule has 5 amide bonds. The number of fused-ring (bicyclic) bond motifs is 1. The van der Waals surface area contributed by atoms with E-state index in [2.05, 4.69) is 51.5 Å². The molecule has 5 rings (SSSR count). The molecule has 32 heteroatoms. The number of nitrogens with zero attached hydrogens (tertiary/aromatic N) is 6. The van der Waals surface area contributed by atoms with Gasteiger partial charge in [-0.2, -0.15) is 4.72 Å². The van der Waals surface area contributed by atoms with Crippen molar-refractivity contribution in [2.45, 2.75) is 82.8 Å². The van der Waals surface area contributed by atoms with E-state index in [9.17, 15) is 57.0 Å². The average Bonchev–Trinajstić information content (AvgIpc) is 1.22. The molecule has 1 aliphatic heterocycles. The number of amides is 5. The lowest BCUT2D eigenvalue weighted by atomic mass is 10.1. The maximum atomic E-state index is 13.7. The van der Waals surface area contributed by atoms with Crippen molar-refractivity contribution in [3.05, 3.63) is 88.4 Å². The van der Waals surface area contributed by atoms with E-state index in [4.69, 9.17) is 30.7 Å². The number of carboxylic acids is 2. The van der Waals surface area contributed by atoms with Gasteiger partial charge in [-0.3, -0.25) is 53.1 Å². The van der Waals surface area contributed by atoms with Crippen molar-refractivity contribution in [3.8, 4) is 5.75 Å². The highest BCUT2D eigenvalue weighted by molar-refractivity contribution is 7.89. The van der Waals surface area contributed by atoms with Crippen LogP contribution < -0.4 is 46.8 Å². The molecule has 0 saturated carbocycles. The first-order valence-corrected chi connectivity index (χ1v) is 33.4. The van der Waals surface area contributed by atoms with Gasteiger partial charge in [0, 0.05) is 156 Å². The summed E-state index contributed by atoms with van der Waals surface area (Å²) in [7, 11) is 4.89. The highest BCUT2D eigenvalue weighted by Gasteiger charge is 2.30. The number of hydrogen-bond acceptors (Lipinski definition) is 21. The summed E-state index contributed by atoms with van der Waals surface area (Å²) < 4.78 is 58.8. The number of H-pyrrole nitrogens is 1. The zero-order valence-electron chi connectivity index (χ0n) is 55.2. The SMILES string of the molecule is [CH]N1CCN(CC)CCN(CC(=O)N[C@H](CCC(=O)NCCOC)C(=O)NCCCOCCOCCOCCCNC(=O)CCCOc2cc(C)c(S(=O)(=O)NC(CNC(=O)c3cn(C)c4cc(CNc5ncc[nH]5)ccc4c3=O)C(=O)O)c(C)c2)CCN(CC(=O)O)CC1. The van der Waals surface area contributed by atoms with E-state index in [0.717, 1.165) is 12.1 Å². The molecule has 1 saturated heterocycles. The van der Waals surface area contributed by atoms with Gasteiger partial charge < -0.3 is 80.2 Å². The second-order valence-electron chi connectivity index (χ2n) is 22.8. The van der Waals surface area contributed by atoms with Crippen molar-refractivity contribution in [1.29, 1.82) is 0 Å². The first-order valence-electron chi connectivity index (χ1n) is 31.9. The Morgan fingerprint density at radius 3 is 1.96 bits per heavy atom. The predicted octanol–water partition coefficient (Wildman–Crippen LogP) is -0.104. The molecule has 2 radical (unpaired) electrons. The summed E-state index contributed by atoms with van der Waals surface area (Å²) in [5.74, 6) is -3.80. The quantitative estimate of drug-likeness (QED) is 0.0259. The summed E-state index contributed by atoms with van der Waals surface area (Å²) in [6, 6.07) is 5.32. The van der Waals surface area contributed by atoms with Crippen LogP contribution in [-0.2, 0) is 71.3 Å². The fourth-order valence-electron chi connectivity index (χ4n) is 10.2. The second-order valence-corrected chi connectivity index (χ2v) is 24.4. The number of aromatic amines is 1. The van der Waals surface area contributed by atoms with Gasteiger partial charge in [0.1, 0.15) is 23.4 Å². The number of aromatic nitrogens is 3. The summed E-state index contributed by atoms with van der Waals surface area (Å²) in [5.41, 5.74) is 1.08. The number of likely N-dealkylation sites (N-methyl/N-ethyl adjacent to an activating group) is 1. The van der Waals surface area contributed by atoms with E-state index >= 15 is 0 Å². The minimum Gasteiger partial charge on any atom is -0.494 e. The van der Waals surface area contributed by atoms with Crippen molar-refractivity contribution < 1.29 is 75.9 Å². The normalized spacial score (nSPS) is 14.6. The topological polar surface area (TPSA) is 388 Å². The third kappa shape index (κ3) is 28.7. The van der Waals surface area contributed by atoms with Gasteiger partial charge >= 0.3 is 11.9 Å².